The first-order valence-electron chi connectivity index (χ1n) is 8.39. The van der Waals surface area contributed by atoms with Crippen LogP contribution in [0.5, 0.6) is 11.5 Å². The molecule has 0 amide bonds. The Bertz CT molecular complexity index is 934. The Labute approximate surface area is 163 Å². The van der Waals surface area contributed by atoms with Crippen molar-refractivity contribution in [2.75, 3.05) is 24.9 Å². The van der Waals surface area contributed by atoms with Gasteiger partial charge in [-0.3, -0.25) is 0 Å². The molecule has 6 nitrogen and oxygen atoms in total. The Morgan fingerprint density at radius 2 is 1.70 bits per heavy atom. The monoisotopic (exact) mass is 384 g/mol. The van der Waals surface area contributed by atoms with Crippen molar-refractivity contribution in [3.05, 3.63) is 64.9 Å². The molecule has 140 valence electrons. The minimum absolute atomic E-state index is 0.475. The molecule has 27 heavy (non-hydrogen) atoms. The molecule has 0 bridgehead atoms. The van der Waals surface area contributed by atoms with Crippen molar-refractivity contribution in [3.63, 3.8) is 0 Å². The van der Waals surface area contributed by atoms with Crippen LogP contribution in [0.1, 0.15) is 11.1 Å². The van der Waals surface area contributed by atoms with Gasteiger partial charge in [0.25, 0.3) is 0 Å². The fourth-order valence-corrected chi connectivity index (χ4v) is 2.84. The summed E-state index contributed by atoms with van der Waals surface area (Å²) in [7, 11) is 3.15. The molecule has 0 aliphatic carbocycles. The van der Waals surface area contributed by atoms with E-state index in [0.717, 1.165) is 5.82 Å². The van der Waals surface area contributed by atoms with Crippen LogP contribution in [-0.2, 0) is 6.54 Å². The molecule has 0 radical (unpaired) electrons. The summed E-state index contributed by atoms with van der Waals surface area (Å²) < 4.78 is 10.7. The van der Waals surface area contributed by atoms with Crippen LogP contribution < -0.4 is 20.1 Å². The summed E-state index contributed by atoms with van der Waals surface area (Å²) in [6.07, 6.45) is 1.50. The van der Waals surface area contributed by atoms with Crippen LogP contribution in [0.2, 0.25) is 5.02 Å². The maximum Gasteiger partial charge on any atom is 0.144 e. The highest BCUT2D eigenvalue weighted by Crippen LogP contribution is 2.37. The Kier molecular flexibility index (Phi) is 5.98. The van der Waals surface area contributed by atoms with Crippen LogP contribution in [0.15, 0.2) is 48.8 Å². The van der Waals surface area contributed by atoms with E-state index < -0.39 is 0 Å². The topological polar surface area (TPSA) is 68.3 Å². The number of nitrogens with one attached hydrogen (secondary N) is 2. The Hall–Kier alpha value is -2.99. The SMILES string of the molecule is COc1cc(Nc2cc(NCc3ccccc3C)ncn2)c(OC)cc1Cl. The third-order valence-corrected chi connectivity index (χ3v) is 4.42. The molecular weight excluding hydrogens is 364 g/mol. The number of rotatable bonds is 7. The average Bonchev–Trinajstić information content (AvgIpc) is 2.68. The quantitative estimate of drug-likeness (QED) is 0.609. The number of ether oxygens (including phenoxy) is 2. The zero-order chi connectivity index (χ0) is 19.2. The molecule has 7 heteroatoms. The van der Waals surface area contributed by atoms with Crippen LogP contribution in [0.4, 0.5) is 17.3 Å². The van der Waals surface area contributed by atoms with Gasteiger partial charge in [-0.1, -0.05) is 35.9 Å². The second-order valence-corrected chi connectivity index (χ2v) is 6.29. The van der Waals surface area contributed by atoms with Crippen molar-refractivity contribution in [2.45, 2.75) is 13.5 Å². The molecular formula is C20H21ClN4O2. The fraction of sp³-hybridized carbons (Fsp3) is 0.200. The number of hydrogen-bond acceptors (Lipinski definition) is 6. The van der Waals surface area contributed by atoms with Gasteiger partial charge in [0, 0.05) is 24.7 Å². The van der Waals surface area contributed by atoms with E-state index in [2.05, 4.69) is 39.7 Å². The van der Waals surface area contributed by atoms with E-state index in [4.69, 9.17) is 21.1 Å². The van der Waals surface area contributed by atoms with E-state index in [1.165, 1.54) is 17.5 Å². The third-order valence-electron chi connectivity index (χ3n) is 4.12. The van der Waals surface area contributed by atoms with Crippen LogP contribution in [0.3, 0.4) is 0 Å². The number of aromatic nitrogens is 2. The van der Waals surface area contributed by atoms with E-state index in [1.54, 1.807) is 26.4 Å². The molecule has 0 unspecified atom stereocenters. The van der Waals surface area contributed by atoms with E-state index in [1.807, 2.05) is 18.2 Å². The van der Waals surface area contributed by atoms with Gasteiger partial charge in [0.1, 0.15) is 29.5 Å². The largest absolute Gasteiger partial charge is 0.495 e. The summed E-state index contributed by atoms with van der Waals surface area (Å²) in [5.41, 5.74) is 3.15. The second kappa shape index (κ2) is 8.60. The summed E-state index contributed by atoms with van der Waals surface area (Å²) in [5.74, 6) is 2.48. The molecule has 1 aromatic heterocycles. The van der Waals surface area contributed by atoms with Crippen molar-refractivity contribution in [2.24, 2.45) is 0 Å². The number of aryl methyl sites for hydroxylation is 1. The van der Waals surface area contributed by atoms with Crippen LogP contribution in [-0.4, -0.2) is 24.2 Å². The Balaban J connectivity index is 1.77. The molecule has 3 rings (SSSR count). The number of benzene rings is 2. The predicted molar refractivity (Wildman–Crippen MR) is 108 cm³/mol. The van der Waals surface area contributed by atoms with Gasteiger partial charge in [0.15, 0.2) is 0 Å². The summed E-state index contributed by atoms with van der Waals surface area (Å²) in [4.78, 5) is 8.55. The zero-order valence-electron chi connectivity index (χ0n) is 15.4. The highest BCUT2D eigenvalue weighted by atomic mass is 35.5. The molecule has 0 aliphatic heterocycles. The van der Waals surface area contributed by atoms with Crippen molar-refractivity contribution in [1.82, 2.24) is 9.97 Å². The molecule has 0 spiro atoms. The Morgan fingerprint density at radius 1 is 0.963 bits per heavy atom. The predicted octanol–water partition coefficient (Wildman–Crippen LogP) is 4.81. The van der Waals surface area contributed by atoms with Crippen molar-refractivity contribution in [1.29, 1.82) is 0 Å². The summed E-state index contributed by atoms with van der Waals surface area (Å²) in [6.45, 7) is 2.77. The van der Waals surface area contributed by atoms with Crippen molar-refractivity contribution < 1.29 is 9.47 Å². The van der Waals surface area contributed by atoms with Gasteiger partial charge in [-0.05, 0) is 18.1 Å². The van der Waals surface area contributed by atoms with Gasteiger partial charge in [0.05, 0.1) is 24.9 Å². The summed E-state index contributed by atoms with van der Waals surface area (Å²) in [5, 5.41) is 7.02. The van der Waals surface area contributed by atoms with Gasteiger partial charge in [-0.25, -0.2) is 9.97 Å². The molecule has 1 heterocycles. The van der Waals surface area contributed by atoms with Crippen molar-refractivity contribution in [3.8, 4) is 11.5 Å². The molecule has 0 fully saturated rings. The zero-order valence-corrected chi connectivity index (χ0v) is 16.2. The average molecular weight is 385 g/mol. The lowest BCUT2D eigenvalue weighted by atomic mass is 10.1. The highest BCUT2D eigenvalue weighted by Gasteiger charge is 2.11. The molecule has 3 aromatic rings. The molecule has 0 atom stereocenters. The Morgan fingerprint density at radius 3 is 2.44 bits per heavy atom. The van der Waals surface area contributed by atoms with E-state index in [0.29, 0.717) is 34.6 Å². The van der Waals surface area contributed by atoms with Gasteiger partial charge < -0.3 is 20.1 Å². The summed E-state index contributed by atoms with van der Waals surface area (Å²) >= 11 is 6.15. The number of anilines is 3. The molecule has 2 N–H and O–H groups in total. The highest BCUT2D eigenvalue weighted by molar-refractivity contribution is 6.32. The maximum absolute atomic E-state index is 6.15. The lowest BCUT2D eigenvalue weighted by Gasteiger charge is -2.14. The molecule has 0 aliphatic rings. The minimum Gasteiger partial charge on any atom is -0.495 e. The van der Waals surface area contributed by atoms with Crippen LogP contribution >= 0.6 is 11.6 Å². The van der Waals surface area contributed by atoms with Crippen LogP contribution in [0, 0.1) is 6.92 Å². The van der Waals surface area contributed by atoms with Gasteiger partial charge in [-0.15, -0.1) is 0 Å². The van der Waals surface area contributed by atoms with Gasteiger partial charge in [0.2, 0.25) is 0 Å². The van der Waals surface area contributed by atoms with E-state index in [9.17, 15) is 0 Å². The molecule has 0 saturated carbocycles. The number of nitrogens with zero attached hydrogens (tertiary/aromatic N) is 2. The number of methoxy groups -OCH3 is 2. The first kappa shape index (κ1) is 18.8. The first-order valence-corrected chi connectivity index (χ1v) is 8.77. The first-order chi connectivity index (χ1) is 13.1. The van der Waals surface area contributed by atoms with Gasteiger partial charge in [-0.2, -0.15) is 0 Å². The standard InChI is InChI=1S/C20H21ClN4O2/c1-13-6-4-5-7-14(13)11-22-19-10-20(24-12-23-19)25-16-9-17(26-2)15(21)8-18(16)27-3/h4-10,12H,11H2,1-3H3,(H2,22,23,24,25). The summed E-state index contributed by atoms with van der Waals surface area (Å²) in [6, 6.07) is 13.5. The van der Waals surface area contributed by atoms with Crippen molar-refractivity contribution >= 4 is 28.9 Å². The van der Waals surface area contributed by atoms with E-state index in [-0.39, 0.29) is 0 Å². The lowest BCUT2D eigenvalue weighted by molar-refractivity contribution is 0.405. The maximum atomic E-state index is 6.15. The fourth-order valence-electron chi connectivity index (χ4n) is 2.61. The molecule has 0 saturated heterocycles. The smallest absolute Gasteiger partial charge is 0.144 e. The molecule has 2 aromatic carbocycles. The van der Waals surface area contributed by atoms with Crippen LogP contribution in [0.25, 0.3) is 0 Å². The second-order valence-electron chi connectivity index (χ2n) is 5.88. The number of hydrogen-bond donors (Lipinski definition) is 2. The number of halogens is 1. The third kappa shape index (κ3) is 4.60. The van der Waals surface area contributed by atoms with Gasteiger partial charge >= 0.3 is 0 Å². The van der Waals surface area contributed by atoms with E-state index >= 15 is 0 Å². The minimum atomic E-state index is 0.475. The lowest BCUT2D eigenvalue weighted by Crippen LogP contribution is -2.04. The normalized spacial score (nSPS) is 10.4.